The SMILES string of the molecule is Cc1cc(C2COCCN2)c(C)cc1I. The second kappa shape index (κ2) is 4.80. The van der Waals surface area contributed by atoms with Crippen molar-refractivity contribution in [3.63, 3.8) is 0 Å². The van der Waals surface area contributed by atoms with Gasteiger partial charge in [0.25, 0.3) is 0 Å². The Balaban J connectivity index is 2.30. The highest BCUT2D eigenvalue weighted by Crippen LogP contribution is 2.24. The summed E-state index contributed by atoms with van der Waals surface area (Å²) in [6, 6.07) is 4.90. The normalized spacial score (nSPS) is 21.7. The van der Waals surface area contributed by atoms with Crippen LogP contribution in [0.25, 0.3) is 0 Å². The lowest BCUT2D eigenvalue weighted by atomic mass is 9.99. The van der Waals surface area contributed by atoms with Crippen LogP contribution in [0.4, 0.5) is 0 Å². The van der Waals surface area contributed by atoms with Crippen LogP contribution in [0.5, 0.6) is 0 Å². The van der Waals surface area contributed by atoms with Gasteiger partial charge in [0.1, 0.15) is 0 Å². The topological polar surface area (TPSA) is 21.3 Å². The number of hydrogen-bond donors (Lipinski definition) is 1. The summed E-state index contributed by atoms with van der Waals surface area (Å²) in [6.45, 7) is 6.91. The Labute approximate surface area is 105 Å². The van der Waals surface area contributed by atoms with Crippen LogP contribution >= 0.6 is 22.6 Å². The fraction of sp³-hybridized carbons (Fsp3) is 0.500. The van der Waals surface area contributed by atoms with Crippen molar-refractivity contribution in [2.75, 3.05) is 19.8 Å². The molecule has 1 N–H and O–H groups in total. The Hall–Kier alpha value is -0.130. The molecule has 0 saturated carbocycles. The molecule has 1 fully saturated rings. The number of rotatable bonds is 1. The Morgan fingerprint density at radius 3 is 2.80 bits per heavy atom. The number of hydrogen-bond acceptors (Lipinski definition) is 2. The molecule has 1 aliphatic heterocycles. The van der Waals surface area contributed by atoms with E-state index in [2.05, 4.69) is 53.9 Å². The lowest BCUT2D eigenvalue weighted by molar-refractivity contribution is 0.0767. The third-order valence-electron chi connectivity index (χ3n) is 2.84. The fourth-order valence-corrected chi connectivity index (χ4v) is 2.57. The molecule has 2 nitrogen and oxygen atoms in total. The molecule has 82 valence electrons. The van der Waals surface area contributed by atoms with Crippen LogP contribution in [0.3, 0.4) is 0 Å². The Morgan fingerprint density at radius 2 is 2.13 bits per heavy atom. The maximum atomic E-state index is 5.50. The molecule has 0 aromatic heterocycles. The number of aryl methyl sites for hydroxylation is 2. The third kappa shape index (κ3) is 2.52. The average molecular weight is 317 g/mol. The molecule has 1 heterocycles. The first-order valence-electron chi connectivity index (χ1n) is 5.26. The first kappa shape index (κ1) is 11.4. The van der Waals surface area contributed by atoms with Gasteiger partial charge in [-0.1, -0.05) is 6.07 Å². The first-order valence-corrected chi connectivity index (χ1v) is 6.34. The van der Waals surface area contributed by atoms with Gasteiger partial charge in [-0.05, 0) is 59.2 Å². The number of morpholine rings is 1. The van der Waals surface area contributed by atoms with Crippen molar-refractivity contribution in [1.29, 1.82) is 0 Å². The largest absolute Gasteiger partial charge is 0.378 e. The van der Waals surface area contributed by atoms with Crippen molar-refractivity contribution in [1.82, 2.24) is 5.32 Å². The molecule has 1 aromatic rings. The van der Waals surface area contributed by atoms with Crippen LogP contribution in [-0.2, 0) is 4.74 Å². The van der Waals surface area contributed by atoms with Crippen LogP contribution in [0, 0.1) is 17.4 Å². The van der Waals surface area contributed by atoms with Crippen LogP contribution in [0.15, 0.2) is 12.1 Å². The van der Waals surface area contributed by atoms with Gasteiger partial charge in [0.2, 0.25) is 0 Å². The van der Waals surface area contributed by atoms with E-state index in [4.69, 9.17) is 4.74 Å². The van der Waals surface area contributed by atoms with Gasteiger partial charge < -0.3 is 10.1 Å². The van der Waals surface area contributed by atoms with Crippen molar-refractivity contribution in [2.24, 2.45) is 0 Å². The summed E-state index contributed by atoms with van der Waals surface area (Å²) in [4.78, 5) is 0. The van der Waals surface area contributed by atoms with Gasteiger partial charge in [0.05, 0.1) is 19.3 Å². The van der Waals surface area contributed by atoms with Crippen LogP contribution in [0.2, 0.25) is 0 Å². The van der Waals surface area contributed by atoms with Gasteiger partial charge in [-0.2, -0.15) is 0 Å². The molecule has 0 amide bonds. The van der Waals surface area contributed by atoms with E-state index < -0.39 is 0 Å². The predicted molar refractivity (Wildman–Crippen MR) is 70.2 cm³/mol. The summed E-state index contributed by atoms with van der Waals surface area (Å²) in [6.07, 6.45) is 0. The number of ether oxygens (including phenoxy) is 1. The second-order valence-electron chi connectivity index (χ2n) is 4.04. The smallest absolute Gasteiger partial charge is 0.0662 e. The third-order valence-corrected chi connectivity index (χ3v) is 4.01. The standard InChI is InChI=1S/C12H16INO/c1-8-6-11(13)9(2)5-10(8)12-7-15-4-3-14-12/h5-6,12,14H,3-4,7H2,1-2H3. The molecule has 2 rings (SSSR count). The molecule has 1 aromatic carbocycles. The molecule has 0 spiro atoms. The van der Waals surface area contributed by atoms with Crippen LogP contribution in [-0.4, -0.2) is 19.8 Å². The summed E-state index contributed by atoms with van der Waals surface area (Å²) in [5, 5.41) is 3.50. The summed E-state index contributed by atoms with van der Waals surface area (Å²) >= 11 is 2.39. The highest BCUT2D eigenvalue weighted by molar-refractivity contribution is 14.1. The van der Waals surface area contributed by atoms with Gasteiger partial charge in [-0.3, -0.25) is 0 Å². The molecule has 0 bridgehead atoms. The van der Waals surface area contributed by atoms with E-state index >= 15 is 0 Å². The molecule has 0 aliphatic carbocycles. The van der Waals surface area contributed by atoms with E-state index in [-0.39, 0.29) is 0 Å². The molecular formula is C12H16INO. The van der Waals surface area contributed by atoms with Crippen molar-refractivity contribution >= 4 is 22.6 Å². The highest BCUT2D eigenvalue weighted by Gasteiger charge is 2.17. The van der Waals surface area contributed by atoms with E-state index in [9.17, 15) is 0 Å². The van der Waals surface area contributed by atoms with E-state index in [0.717, 1.165) is 19.8 Å². The minimum absolute atomic E-state index is 0.370. The van der Waals surface area contributed by atoms with Crippen molar-refractivity contribution < 1.29 is 4.74 Å². The van der Waals surface area contributed by atoms with E-state index in [1.54, 1.807) is 0 Å². The molecule has 0 radical (unpaired) electrons. The van der Waals surface area contributed by atoms with Gasteiger partial charge in [-0.15, -0.1) is 0 Å². The molecule has 1 aliphatic rings. The monoisotopic (exact) mass is 317 g/mol. The lowest BCUT2D eigenvalue weighted by Gasteiger charge is -2.26. The van der Waals surface area contributed by atoms with E-state index in [1.165, 1.54) is 20.3 Å². The molecule has 1 unspecified atom stereocenters. The zero-order chi connectivity index (χ0) is 10.8. The molecular weight excluding hydrogens is 301 g/mol. The zero-order valence-corrected chi connectivity index (χ0v) is 11.3. The van der Waals surface area contributed by atoms with Gasteiger partial charge in [0.15, 0.2) is 0 Å². The minimum atomic E-state index is 0.370. The van der Waals surface area contributed by atoms with Gasteiger partial charge in [-0.25, -0.2) is 0 Å². The molecule has 1 atom stereocenters. The summed E-state index contributed by atoms with van der Waals surface area (Å²) in [5.74, 6) is 0. The Bertz CT molecular complexity index is 359. The van der Waals surface area contributed by atoms with Gasteiger partial charge in [0, 0.05) is 10.1 Å². The summed E-state index contributed by atoms with van der Waals surface area (Å²) in [7, 11) is 0. The Morgan fingerprint density at radius 1 is 1.33 bits per heavy atom. The van der Waals surface area contributed by atoms with E-state index in [0.29, 0.717) is 6.04 Å². The minimum Gasteiger partial charge on any atom is -0.378 e. The van der Waals surface area contributed by atoms with Crippen molar-refractivity contribution in [3.8, 4) is 0 Å². The van der Waals surface area contributed by atoms with E-state index in [1.807, 2.05) is 0 Å². The lowest BCUT2D eigenvalue weighted by Crippen LogP contribution is -2.35. The quantitative estimate of drug-likeness (QED) is 0.804. The molecule has 1 saturated heterocycles. The average Bonchev–Trinajstić information content (AvgIpc) is 2.25. The highest BCUT2D eigenvalue weighted by atomic mass is 127. The Kier molecular flexibility index (Phi) is 3.64. The zero-order valence-electron chi connectivity index (χ0n) is 9.14. The molecule has 15 heavy (non-hydrogen) atoms. The summed E-state index contributed by atoms with van der Waals surface area (Å²) in [5.41, 5.74) is 4.09. The van der Waals surface area contributed by atoms with Crippen LogP contribution < -0.4 is 5.32 Å². The summed E-state index contributed by atoms with van der Waals surface area (Å²) < 4.78 is 6.84. The fourth-order valence-electron chi connectivity index (χ4n) is 1.94. The maximum absolute atomic E-state index is 5.50. The van der Waals surface area contributed by atoms with Crippen LogP contribution in [0.1, 0.15) is 22.7 Å². The second-order valence-corrected chi connectivity index (χ2v) is 5.20. The van der Waals surface area contributed by atoms with Gasteiger partial charge >= 0.3 is 0 Å². The van der Waals surface area contributed by atoms with Crippen molar-refractivity contribution in [3.05, 3.63) is 32.4 Å². The maximum Gasteiger partial charge on any atom is 0.0662 e. The van der Waals surface area contributed by atoms with Crippen molar-refractivity contribution in [2.45, 2.75) is 19.9 Å². The predicted octanol–water partition coefficient (Wildman–Crippen LogP) is 2.57. The number of nitrogens with one attached hydrogen (secondary N) is 1. The number of benzene rings is 1. The molecule has 3 heteroatoms. The first-order chi connectivity index (χ1) is 7.18. The number of halogens is 1.